The molecule has 252 valence electrons. The largest absolute Gasteiger partial charge is 0.416 e. The summed E-state index contributed by atoms with van der Waals surface area (Å²) in [5, 5.41) is -1.35. The summed E-state index contributed by atoms with van der Waals surface area (Å²) in [4.78, 5) is 0.726. The number of benzene rings is 3. The highest BCUT2D eigenvalue weighted by Crippen LogP contribution is 2.30. The molecule has 0 heterocycles. The first-order valence-corrected chi connectivity index (χ1v) is 17.3. The van der Waals surface area contributed by atoms with Crippen LogP contribution in [-0.2, 0) is 35.7 Å². The third-order valence-corrected chi connectivity index (χ3v) is 12.3. The molecule has 0 aliphatic rings. The zero-order valence-corrected chi connectivity index (χ0v) is 26.5. The molecule has 0 radical (unpaired) electrons. The van der Waals surface area contributed by atoms with Gasteiger partial charge in [0, 0.05) is 0 Å². The second kappa shape index (κ2) is 18.3. The lowest BCUT2D eigenvalue weighted by atomic mass is 10.2. The van der Waals surface area contributed by atoms with Gasteiger partial charge in [-0.05, 0) is 97.0 Å². The molecule has 0 atom stereocenters. The van der Waals surface area contributed by atoms with Crippen molar-refractivity contribution in [1.29, 1.82) is 0 Å². The summed E-state index contributed by atoms with van der Waals surface area (Å²) in [5.74, 6) is 0. The smallest absolute Gasteiger partial charge is 0.223 e. The van der Waals surface area contributed by atoms with Crippen molar-refractivity contribution in [2.45, 2.75) is 107 Å². The van der Waals surface area contributed by atoms with Crippen molar-refractivity contribution in [3.63, 3.8) is 0 Å². The quantitative estimate of drug-likeness (QED) is 0.257. The van der Waals surface area contributed by atoms with Gasteiger partial charge in [-0.25, -0.2) is 25.3 Å². The van der Waals surface area contributed by atoms with Crippen LogP contribution in [-0.4, -0.2) is 41.0 Å². The summed E-state index contributed by atoms with van der Waals surface area (Å²) in [6, 6.07) is 19.0. The Morgan fingerprint density at radius 1 is 0.477 bits per heavy atom. The van der Waals surface area contributed by atoms with Crippen LogP contribution in [0.25, 0.3) is 0 Å². The van der Waals surface area contributed by atoms with E-state index in [1.165, 1.54) is 13.8 Å². The van der Waals surface area contributed by atoms with Gasteiger partial charge in [-0.2, -0.15) is 13.2 Å². The number of hydrogen-bond donors (Lipinski definition) is 0. The number of hydrogen-bond acceptors (Lipinski definition) is 6. The number of sulfone groups is 3. The van der Waals surface area contributed by atoms with Crippen LogP contribution in [0.3, 0.4) is 0 Å². The molecule has 0 aliphatic carbocycles. The fraction of sp³-hybridized carbons (Fsp3) is 0.438. The number of alkyl halides is 3. The van der Waals surface area contributed by atoms with Gasteiger partial charge in [0.25, 0.3) is 0 Å². The molecular weight excluding hydrogens is 634 g/mol. The van der Waals surface area contributed by atoms with E-state index >= 15 is 0 Å². The molecule has 0 bridgehead atoms. The Balaban J connectivity index is -0.000000560. The molecule has 12 heteroatoms. The lowest BCUT2D eigenvalue weighted by molar-refractivity contribution is -0.137. The summed E-state index contributed by atoms with van der Waals surface area (Å²) < 4.78 is 106. The topological polar surface area (TPSA) is 102 Å². The maximum atomic E-state index is 12.2. The van der Waals surface area contributed by atoms with Gasteiger partial charge in [0.05, 0.1) is 36.0 Å². The van der Waals surface area contributed by atoms with Crippen LogP contribution in [0.5, 0.6) is 0 Å². The normalized spacial score (nSPS) is 11.6. The standard InChI is InChI=1S/C10H11F3O2S.C10H14O2S.C9H12O2S.3CH4/c1-7(2)16(14,15)9-5-3-8(4-6-9)10(11,12)13;1-8(2)13(11,12)10-6-4-9(3)5-7-10;1-8(2)12(10,11)9-6-4-3-5-7-9;;;/h3-7H,1-2H3;4-8H,1-3H3;3-8H,1-2H3;3*1H4. The van der Waals surface area contributed by atoms with E-state index in [1.54, 1.807) is 70.2 Å². The van der Waals surface area contributed by atoms with Crippen molar-refractivity contribution in [1.82, 2.24) is 0 Å². The molecule has 0 N–H and O–H groups in total. The number of halogens is 3. The van der Waals surface area contributed by atoms with Gasteiger partial charge in [0.15, 0.2) is 29.5 Å². The molecule has 3 aromatic carbocycles. The molecule has 0 aliphatic heterocycles. The Labute approximate surface area is 264 Å². The molecule has 3 rings (SSSR count). The van der Waals surface area contributed by atoms with Gasteiger partial charge in [0.2, 0.25) is 0 Å². The van der Waals surface area contributed by atoms with Crippen molar-refractivity contribution in [3.8, 4) is 0 Å². The van der Waals surface area contributed by atoms with E-state index in [9.17, 15) is 38.4 Å². The second-order valence-corrected chi connectivity index (χ2v) is 17.4. The SMILES string of the molecule is C.C.C.CC(C)S(=O)(=O)c1ccc(C(F)(F)F)cc1.CC(C)S(=O)(=O)c1ccccc1.Cc1ccc(S(=O)(=O)C(C)C)cc1. The monoisotopic (exact) mass is 682 g/mol. The predicted molar refractivity (Wildman–Crippen MR) is 176 cm³/mol. The molecule has 0 unspecified atom stereocenters. The summed E-state index contributed by atoms with van der Waals surface area (Å²) in [5.41, 5.74) is 0.220. The average Bonchev–Trinajstić information content (AvgIpc) is 2.89. The Kier molecular flexibility index (Phi) is 19.0. The van der Waals surface area contributed by atoms with Gasteiger partial charge in [-0.3, -0.25) is 0 Å². The minimum atomic E-state index is -4.44. The zero-order valence-electron chi connectivity index (χ0n) is 24.0. The minimum absolute atomic E-state index is 0. The van der Waals surface area contributed by atoms with Crippen molar-refractivity contribution in [2.24, 2.45) is 0 Å². The zero-order chi connectivity index (χ0) is 31.8. The first-order valence-electron chi connectivity index (χ1n) is 12.7. The van der Waals surface area contributed by atoms with E-state index in [1.807, 2.05) is 19.1 Å². The molecule has 0 fully saturated rings. The first-order chi connectivity index (χ1) is 18.6. The molecule has 6 nitrogen and oxygen atoms in total. The minimum Gasteiger partial charge on any atom is -0.223 e. The summed E-state index contributed by atoms with van der Waals surface area (Å²) >= 11 is 0. The third kappa shape index (κ3) is 12.7. The van der Waals surface area contributed by atoms with Crippen molar-refractivity contribution >= 4 is 29.5 Å². The van der Waals surface area contributed by atoms with Crippen LogP contribution in [0.2, 0.25) is 0 Å². The molecule has 3 aromatic rings. The van der Waals surface area contributed by atoms with Crippen LogP contribution < -0.4 is 0 Å². The van der Waals surface area contributed by atoms with Gasteiger partial charge in [0.1, 0.15) is 0 Å². The Hall–Kier alpha value is -2.70. The van der Waals surface area contributed by atoms with Crippen LogP contribution in [0.15, 0.2) is 93.5 Å². The molecule has 0 saturated carbocycles. The fourth-order valence-corrected chi connectivity index (χ4v) is 6.19. The molecule has 0 spiro atoms. The van der Waals surface area contributed by atoms with Gasteiger partial charge in [-0.1, -0.05) is 58.2 Å². The number of aryl methyl sites for hydroxylation is 1. The Bertz CT molecular complexity index is 1560. The highest BCUT2D eigenvalue weighted by molar-refractivity contribution is 7.92. The fourth-order valence-electron chi connectivity index (χ4n) is 2.99. The molecule has 0 amide bonds. The average molecular weight is 683 g/mol. The first kappa shape index (κ1) is 45.7. The lowest BCUT2D eigenvalue weighted by Gasteiger charge is -2.10. The maximum absolute atomic E-state index is 12.2. The predicted octanol–water partition coefficient (Wildman–Crippen LogP) is 8.84. The van der Waals surface area contributed by atoms with Crippen molar-refractivity contribution in [2.75, 3.05) is 0 Å². The van der Waals surface area contributed by atoms with Gasteiger partial charge >= 0.3 is 6.18 Å². The lowest BCUT2D eigenvalue weighted by Crippen LogP contribution is -2.14. The van der Waals surface area contributed by atoms with E-state index in [-0.39, 0.29) is 37.7 Å². The highest BCUT2D eigenvalue weighted by Gasteiger charge is 2.31. The second-order valence-electron chi connectivity index (χ2n) is 9.93. The summed E-state index contributed by atoms with van der Waals surface area (Å²) in [6.45, 7) is 11.6. The maximum Gasteiger partial charge on any atom is 0.416 e. The van der Waals surface area contributed by atoms with Crippen LogP contribution in [0.1, 0.15) is 74.9 Å². The Morgan fingerprint density at radius 3 is 1.02 bits per heavy atom. The van der Waals surface area contributed by atoms with Gasteiger partial charge < -0.3 is 0 Å². The van der Waals surface area contributed by atoms with E-state index in [2.05, 4.69) is 0 Å². The summed E-state index contributed by atoms with van der Waals surface area (Å²) in [7, 11) is -9.68. The molecule has 44 heavy (non-hydrogen) atoms. The van der Waals surface area contributed by atoms with Crippen LogP contribution >= 0.6 is 0 Å². The number of rotatable bonds is 6. The highest BCUT2D eigenvalue weighted by atomic mass is 32.2. The van der Waals surface area contributed by atoms with E-state index in [0.29, 0.717) is 9.79 Å². The van der Waals surface area contributed by atoms with E-state index < -0.39 is 46.5 Å². The van der Waals surface area contributed by atoms with Gasteiger partial charge in [-0.15, -0.1) is 0 Å². The van der Waals surface area contributed by atoms with Crippen molar-refractivity contribution < 1.29 is 38.4 Å². The van der Waals surface area contributed by atoms with Crippen LogP contribution in [0, 0.1) is 6.92 Å². The molecular formula is C32H49F3O6S3. The van der Waals surface area contributed by atoms with Crippen LogP contribution in [0.4, 0.5) is 13.2 Å². The third-order valence-electron chi connectivity index (χ3n) is 5.79. The van der Waals surface area contributed by atoms with E-state index in [0.717, 1.165) is 29.8 Å². The Morgan fingerprint density at radius 2 is 0.750 bits per heavy atom. The van der Waals surface area contributed by atoms with E-state index in [4.69, 9.17) is 0 Å². The molecule has 0 saturated heterocycles. The summed E-state index contributed by atoms with van der Waals surface area (Å²) in [6.07, 6.45) is -4.44. The molecule has 0 aromatic heterocycles. The van der Waals surface area contributed by atoms with Crippen molar-refractivity contribution in [3.05, 3.63) is 90.0 Å².